The van der Waals surface area contributed by atoms with Crippen LogP contribution in [0.15, 0.2) is 22.8 Å². The second-order valence-electron chi connectivity index (χ2n) is 2.15. The summed E-state index contributed by atoms with van der Waals surface area (Å²) in [4.78, 5) is 9.44. The number of aliphatic hydroxyl groups is 1. The van der Waals surface area contributed by atoms with Crippen LogP contribution in [0.4, 0.5) is 0 Å². The van der Waals surface area contributed by atoms with Gasteiger partial charge in [-0.2, -0.15) is 0 Å². The molecule has 0 saturated carbocycles. The maximum atomic E-state index is 9.44. The molecule has 0 unspecified atom stereocenters. The molecule has 1 aromatic heterocycles. The average molecular weight is 156 g/mol. The number of hydrogen-bond donors (Lipinski definition) is 1. The summed E-state index contributed by atoms with van der Waals surface area (Å²) in [6.45, 7) is 3.05. The van der Waals surface area contributed by atoms with Crippen LogP contribution in [-0.2, 0) is 11.4 Å². The Labute approximate surface area is 65.6 Å². The van der Waals surface area contributed by atoms with Gasteiger partial charge in [0.25, 0.3) is 0 Å². The van der Waals surface area contributed by atoms with E-state index in [-0.39, 0.29) is 12.4 Å². The molecule has 0 aliphatic rings. The van der Waals surface area contributed by atoms with E-state index < -0.39 is 0 Å². The van der Waals surface area contributed by atoms with Crippen LogP contribution < -0.4 is 0 Å². The molecular weight excluding hydrogens is 144 g/mol. The van der Waals surface area contributed by atoms with Gasteiger partial charge in [-0.3, -0.25) is 0 Å². The summed E-state index contributed by atoms with van der Waals surface area (Å²) in [6, 6.07) is 3.46. The Kier molecular flexibility index (Phi) is 5.11. The summed E-state index contributed by atoms with van der Waals surface area (Å²) in [6.07, 6.45) is 1.53. The van der Waals surface area contributed by atoms with E-state index in [9.17, 15) is 4.79 Å². The Bertz CT molecular complexity index is 185. The molecule has 1 heterocycles. The highest BCUT2D eigenvalue weighted by Crippen LogP contribution is 1.96. The number of hydrogen-bond acceptors (Lipinski definition) is 3. The third-order valence-electron chi connectivity index (χ3n) is 0.736. The number of carbonyl (C=O) groups excluding carboxylic acids is 1. The fraction of sp³-hybridized carbons (Fsp3) is 0.375. The predicted octanol–water partition coefficient (Wildman–Crippen LogP) is 1.37. The summed E-state index contributed by atoms with van der Waals surface area (Å²) in [5.74, 6) is 0.778. The monoisotopic (exact) mass is 156 g/mol. The highest BCUT2D eigenvalue weighted by Gasteiger charge is 1.85. The maximum absolute atomic E-state index is 9.44. The molecule has 0 saturated heterocycles. The molecule has 62 valence electrons. The SMILES string of the molecule is CC(C)=O.OCc1ccco1. The fourth-order valence-corrected chi connectivity index (χ4v) is 0.403. The highest BCUT2D eigenvalue weighted by atomic mass is 16.4. The van der Waals surface area contributed by atoms with Crippen molar-refractivity contribution in [1.82, 2.24) is 0 Å². The second-order valence-corrected chi connectivity index (χ2v) is 2.15. The molecule has 11 heavy (non-hydrogen) atoms. The molecule has 0 fully saturated rings. The Hall–Kier alpha value is -1.09. The van der Waals surface area contributed by atoms with Crippen LogP contribution >= 0.6 is 0 Å². The zero-order chi connectivity index (χ0) is 8.69. The quantitative estimate of drug-likeness (QED) is 0.668. The van der Waals surface area contributed by atoms with Crippen LogP contribution in [0.5, 0.6) is 0 Å². The van der Waals surface area contributed by atoms with Crippen LogP contribution in [-0.4, -0.2) is 10.9 Å². The van der Waals surface area contributed by atoms with Gasteiger partial charge in [0.15, 0.2) is 0 Å². The molecule has 3 nitrogen and oxygen atoms in total. The molecule has 0 spiro atoms. The van der Waals surface area contributed by atoms with Crippen molar-refractivity contribution in [3.63, 3.8) is 0 Å². The standard InChI is InChI=1S/C5H6O2.C3H6O/c6-4-5-2-1-3-7-5;1-3(2)4/h1-3,6H,4H2;1-2H3. The predicted molar refractivity (Wildman–Crippen MR) is 41.0 cm³/mol. The minimum absolute atomic E-state index is 0.00694. The summed E-state index contributed by atoms with van der Waals surface area (Å²) < 4.78 is 4.73. The van der Waals surface area contributed by atoms with Crippen molar-refractivity contribution in [2.75, 3.05) is 0 Å². The van der Waals surface area contributed by atoms with Crippen LogP contribution in [0.25, 0.3) is 0 Å². The van der Waals surface area contributed by atoms with E-state index in [0.29, 0.717) is 5.76 Å². The van der Waals surface area contributed by atoms with Crippen molar-refractivity contribution >= 4 is 5.78 Å². The lowest BCUT2D eigenvalue weighted by Gasteiger charge is -1.79. The Morgan fingerprint density at radius 2 is 2.18 bits per heavy atom. The molecule has 0 aromatic carbocycles. The number of aliphatic hydroxyl groups excluding tert-OH is 1. The Morgan fingerprint density at radius 1 is 1.64 bits per heavy atom. The zero-order valence-electron chi connectivity index (χ0n) is 6.70. The normalized spacial score (nSPS) is 8.27. The lowest BCUT2D eigenvalue weighted by atomic mass is 10.5. The smallest absolute Gasteiger partial charge is 0.129 e. The first-order valence-electron chi connectivity index (χ1n) is 3.27. The molecule has 3 heteroatoms. The lowest BCUT2D eigenvalue weighted by molar-refractivity contribution is -0.114. The number of furan rings is 1. The molecule has 1 N–H and O–H groups in total. The third kappa shape index (κ3) is 6.80. The number of carbonyl (C=O) groups is 1. The van der Waals surface area contributed by atoms with Crippen molar-refractivity contribution in [3.05, 3.63) is 24.2 Å². The largest absolute Gasteiger partial charge is 0.467 e. The minimum atomic E-state index is -0.00694. The van der Waals surface area contributed by atoms with Crippen LogP contribution in [0.1, 0.15) is 19.6 Å². The topological polar surface area (TPSA) is 50.4 Å². The van der Waals surface area contributed by atoms with Gasteiger partial charge in [0.05, 0.1) is 6.26 Å². The van der Waals surface area contributed by atoms with Gasteiger partial charge in [-0.05, 0) is 26.0 Å². The van der Waals surface area contributed by atoms with Crippen molar-refractivity contribution in [1.29, 1.82) is 0 Å². The van der Waals surface area contributed by atoms with Crippen molar-refractivity contribution in [3.8, 4) is 0 Å². The van der Waals surface area contributed by atoms with E-state index >= 15 is 0 Å². The van der Waals surface area contributed by atoms with E-state index in [0.717, 1.165) is 0 Å². The summed E-state index contributed by atoms with van der Waals surface area (Å²) in [5.41, 5.74) is 0. The van der Waals surface area contributed by atoms with E-state index in [1.54, 1.807) is 12.1 Å². The zero-order valence-corrected chi connectivity index (χ0v) is 6.70. The molecule has 0 aliphatic heterocycles. The molecule has 0 atom stereocenters. The maximum Gasteiger partial charge on any atom is 0.129 e. The first-order chi connectivity index (χ1) is 5.16. The third-order valence-corrected chi connectivity index (χ3v) is 0.736. The first kappa shape index (κ1) is 9.91. The van der Waals surface area contributed by atoms with Crippen LogP contribution in [0, 0.1) is 0 Å². The molecule has 0 bridgehead atoms. The number of rotatable bonds is 1. The molecule has 0 radical (unpaired) electrons. The molecule has 1 rings (SSSR count). The summed E-state index contributed by atoms with van der Waals surface area (Å²) >= 11 is 0. The van der Waals surface area contributed by atoms with Crippen LogP contribution in [0.3, 0.4) is 0 Å². The van der Waals surface area contributed by atoms with E-state index in [4.69, 9.17) is 9.52 Å². The van der Waals surface area contributed by atoms with E-state index in [1.807, 2.05) is 0 Å². The van der Waals surface area contributed by atoms with Gasteiger partial charge >= 0.3 is 0 Å². The Balaban J connectivity index is 0.000000218. The van der Waals surface area contributed by atoms with Gasteiger partial charge < -0.3 is 14.3 Å². The lowest BCUT2D eigenvalue weighted by Crippen LogP contribution is -1.72. The van der Waals surface area contributed by atoms with Crippen molar-refractivity contribution in [2.45, 2.75) is 20.5 Å². The van der Waals surface area contributed by atoms with Gasteiger partial charge in [0.1, 0.15) is 18.2 Å². The van der Waals surface area contributed by atoms with Crippen molar-refractivity contribution < 1.29 is 14.3 Å². The fourth-order valence-electron chi connectivity index (χ4n) is 0.403. The van der Waals surface area contributed by atoms with Crippen LogP contribution in [0.2, 0.25) is 0 Å². The number of Topliss-reactive ketones (excluding diaryl/α,β-unsaturated/α-hetero) is 1. The molecule has 0 aliphatic carbocycles. The van der Waals surface area contributed by atoms with Gasteiger partial charge in [-0.25, -0.2) is 0 Å². The molecule has 1 aromatic rings. The highest BCUT2D eigenvalue weighted by molar-refractivity contribution is 5.72. The van der Waals surface area contributed by atoms with Gasteiger partial charge in [0, 0.05) is 0 Å². The Morgan fingerprint density at radius 3 is 2.36 bits per heavy atom. The van der Waals surface area contributed by atoms with Gasteiger partial charge in [-0.1, -0.05) is 0 Å². The minimum Gasteiger partial charge on any atom is -0.467 e. The second kappa shape index (κ2) is 5.68. The van der Waals surface area contributed by atoms with E-state index in [2.05, 4.69) is 0 Å². The average Bonchev–Trinajstić information content (AvgIpc) is 2.36. The van der Waals surface area contributed by atoms with Gasteiger partial charge in [0.2, 0.25) is 0 Å². The molecule has 0 amide bonds. The number of ketones is 1. The van der Waals surface area contributed by atoms with Crippen molar-refractivity contribution in [2.24, 2.45) is 0 Å². The first-order valence-corrected chi connectivity index (χ1v) is 3.27. The van der Waals surface area contributed by atoms with E-state index in [1.165, 1.54) is 20.1 Å². The molecular formula is C8H12O3. The summed E-state index contributed by atoms with van der Waals surface area (Å²) in [7, 11) is 0. The van der Waals surface area contributed by atoms with Gasteiger partial charge in [-0.15, -0.1) is 0 Å². The summed E-state index contributed by atoms with van der Waals surface area (Å²) in [5, 5.41) is 8.33.